The predicted molar refractivity (Wildman–Crippen MR) is 412 cm³/mol. The van der Waals surface area contributed by atoms with Crippen molar-refractivity contribution in [1.82, 2.24) is 34.9 Å². The van der Waals surface area contributed by atoms with Crippen LogP contribution in [-0.4, -0.2) is 34.9 Å². The number of hydrogen-bond donors (Lipinski definition) is 0. The van der Waals surface area contributed by atoms with Gasteiger partial charge in [0.25, 0.3) is 0 Å². The third-order valence-electron chi connectivity index (χ3n) is 18.7. The van der Waals surface area contributed by atoms with Crippen LogP contribution in [0.1, 0.15) is 0 Å². The number of pyridine rings is 1. The fraction of sp³-hybridized carbons (Fsp3) is 0. The first-order valence-electron chi connectivity index (χ1n) is 32.9. The van der Waals surface area contributed by atoms with Crippen molar-refractivity contribution in [1.29, 1.82) is 0 Å². The van der Waals surface area contributed by atoms with Crippen LogP contribution >= 0.6 is 22.7 Å². The van der Waals surface area contributed by atoms with Crippen LogP contribution in [0.3, 0.4) is 0 Å². The van der Waals surface area contributed by atoms with Gasteiger partial charge in [0.05, 0.1) is 5.69 Å². The summed E-state index contributed by atoms with van der Waals surface area (Å²) >= 11 is 3.68. The molecule has 0 N–H and O–H groups in total. The zero-order chi connectivity index (χ0) is 65.3. The second-order valence-corrected chi connectivity index (χ2v) is 26.7. The van der Waals surface area contributed by atoms with E-state index in [9.17, 15) is 0 Å². The third kappa shape index (κ3) is 10.2. The van der Waals surface area contributed by atoms with Crippen molar-refractivity contribution in [3.8, 4) is 102 Å². The highest BCUT2D eigenvalue weighted by Crippen LogP contribution is 2.52. The van der Waals surface area contributed by atoms with Crippen LogP contribution in [-0.2, 0) is 0 Å². The molecule has 6 aromatic heterocycles. The first-order valence-corrected chi connectivity index (χ1v) is 34.6. The summed E-state index contributed by atoms with van der Waals surface area (Å²) in [6.07, 6.45) is 1.89. The molecule has 462 valence electrons. The Morgan fingerprint density at radius 1 is 0.242 bits per heavy atom. The lowest BCUT2D eigenvalue weighted by Crippen LogP contribution is -2.01. The Bertz CT molecular complexity index is 6420. The molecule has 0 aliphatic rings. The van der Waals surface area contributed by atoms with Gasteiger partial charge in [-0.3, -0.25) is 4.98 Å². The van der Waals surface area contributed by atoms with Crippen molar-refractivity contribution in [3.05, 3.63) is 322 Å². The Balaban J connectivity index is 0.000000139. The van der Waals surface area contributed by atoms with Crippen LogP contribution in [0.2, 0.25) is 0 Å². The molecule has 0 aliphatic heterocycles. The van der Waals surface area contributed by atoms with Gasteiger partial charge in [0.15, 0.2) is 34.9 Å². The van der Waals surface area contributed by atoms with Gasteiger partial charge in [-0.15, -0.1) is 22.7 Å². The number of furan rings is 1. The molecule has 14 aromatic carbocycles. The summed E-state index contributed by atoms with van der Waals surface area (Å²) in [5.74, 6) is 3.83. The molecule has 0 aliphatic carbocycles. The van der Waals surface area contributed by atoms with Crippen molar-refractivity contribution in [2.24, 2.45) is 0 Å². The van der Waals surface area contributed by atoms with Crippen molar-refractivity contribution in [2.75, 3.05) is 0 Å². The zero-order valence-electron chi connectivity index (χ0n) is 53.0. The number of aromatic nitrogens is 7. The van der Waals surface area contributed by atoms with Crippen LogP contribution in [0.4, 0.5) is 0 Å². The van der Waals surface area contributed by atoms with E-state index in [1.54, 1.807) is 0 Å². The van der Waals surface area contributed by atoms with Gasteiger partial charge in [0.1, 0.15) is 11.2 Å². The second-order valence-electron chi connectivity index (χ2n) is 24.6. The van der Waals surface area contributed by atoms with Crippen LogP contribution in [0.15, 0.2) is 326 Å². The molecule has 0 amide bonds. The van der Waals surface area contributed by atoms with E-state index in [2.05, 4.69) is 176 Å². The Morgan fingerprint density at radius 3 is 1.23 bits per heavy atom. The maximum Gasteiger partial charge on any atom is 0.165 e. The fourth-order valence-electron chi connectivity index (χ4n) is 14.2. The summed E-state index contributed by atoms with van der Waals surface area (Å²) in [6.45, 7) is 0. The first-order chi connectivity index (χ1) is 49.1. The van der Waals surface area contributed by atoms with Crippen LogP contribution in [0, 0.1) is 0 Å². The molecule has 0 unspecified atom stereocenters. The smallest absolute Gasteiger partial charge is 0.165 e. The molecule has 20 rings (SSSR count). The number of hydrogen-bond acceptors (Lipinski definition) is 10. The summed E-state index contributed by atoms with van der Waals surface area (Å²) in [5.41, 5.74) is 14.1. The maximum absolute atomic E-state index is 6.85. The minimum Gasteiger partial charge on any atom is -0.455 e. The lowest BCUT2D eigenvalue weighted by atomic mass is 9.88. The minimum atomic E-state index is 0.612. The molecule has 0 saturated heterocycles. The Hall–Kier alpha value is -12.7. The summed E-state index contributed by atoms with van der Waals surface area (Å²) in [7, 11) is 0. The lowest BCUT2D eigenvalue weighted by molar-refractivity contribution is 0.670. The summed E-state index contributed by atoms with van der Waals surface area (Å²) in [4.78, 5) is 35.0. The van der Waals surface area contributed by atoms with Gasteiger partial charge in [0.2, 0.25) is 0 Å². The van der Waals surface area contributed by atoms with Gasteiger partial charge >= 0.3 is 0 Å². The topological polar surface area (TPSA) is 103 Å². The number of rotatable bonds is 9. The van der Waals surface area contributed by atoms with E-state index in [0.29, 0.717) is 34.9 Å². The number of para-hydroxylation sites is 1. The highest BCUT2D eigenvalue weighted by Gasteiger charge is 2.27. The third-order valence-corrected chi connectivity index (χ3v) is 21.0. The van der Waals surface area contributed by atoms with Crippen LogP contribution < -0.4 is 0 Å². The molecule has 10 heteroatoms. The number of thiophene rings is 2. The van der Waals surface area contributed by atoms with E-state index < -0.39 is 0 Å². The number of fused-ring (bicyclic) bond motifs is 12. The van der Waals surface area contributed by atoms with Gasteiger partial charge in [-0.2, -0.15) is 0 Å². The summed E-state index contributed by atoms with van der Waals surface area (Å²) in [6, 6.07) is 110. The van der Waals surface area contributed by atoms with E-state index in [-0.39, 0.29) is 0 Å². The minimum absolute atomic E-state index is 0.612. The van der Waals surface area contributed by atoms with E-state index in [1.165, 1.54) is 67.8 Å². The van der Waals surface area contributed by atoms with E-state index in [0.717, 1.165) is 93.7 Å². The quantitative estimate of drug-likeness (QED) is 0.141. The van der Waals surface area contributed by atoms with Gasteiger partial charge in [-0.05, 0) is 104 Å². The van der Waals surface area contributed by atoms with Crippen molar-refractivity contribution < 1.29 is 4.42 Å². The highest BCUT2D eigenvalue weighted by molar-refractivity contribution is 7.26. The van der Waals surface area contributed by atoms with Crippen LogP contribution in [0.5, 0.6) is 0 Å². The van der Waals surface area contributed by atoms with Crippen molar-refractivity contribution in [2.45, 2.75) is 0 Å². The molecular weight excluding hydrogens is 1250 g/mol. The molecule has 0 spiro atoms. The number of benzene rings is 14. The second kappa shape index (κ2) is 24.2. The molecule has 8 nitrogen and oxygen atoms in total. The molecule has 20 aromatic rings. The predicted octanol–water partition coefficient (Wildman–Crippen LogP) is 24.2. The highest BCUT2D eigenvalue weighted by atomic mass is 32.1. The summed E-state index contributed by atoms with van der Waals surface area (Å²) < 4.78 is 11.9. The molecule has 0 atom stereocenters. The lowest BCUT2D eigenvalue weighted by Gasteiger charge is -2.16. The average molecular weight is 1300 g/mol. The molecule has 6 heterocycles. The molecule has 0 fully saturated rings. The van der Waals surface area contributed by atoms with E-state index >= 15 is 0 Å². The summed E-state index contributed by atoms with van der Waals surface area (Å²) in [5, 5.41) is 13.9. The van der Waals surface area contributed by atoms with E-state index in [1.807, 2.05) is 168 Å². The maximum atomic E-state index is 6.85. The average Bonchev–Trinajstić information content (AvgIpc) is 1.64. The van der Waals surface area contributed by atoms with Crippen molar-refractivity contribution >= 4 is 117 Å². The van der Waals surface area contributed by atoms with Gasteiger partial charge in [-0.1, -0.05) is 261 Å². The standard InChI is InChI=1S/C46H28N4S.C43H25N3OS/c1-3-13-29(14-4-1)44-48-45(30-15-5-2-6-16-30)50-46(49-44)34-25-23-31-27-33(24-22-32(31)28-34)40-35-17-7-8-18-36(35)41(38-20-11-12-26-47-38)43-42(40)37-19-9-10-21-39(37)51-43;1-3-13-26(14-4-1)41-44-42(27-15-5-2-6-16-27)46-43(45-41)39-31-19-8-7-18-30(31)37(40-38(39)32-20-9-11-21-34(32)47-40)28-23-24-36-33(25-28)29-17-10-12-22-35(29)48-36/h1-28H;1-25H. The van der Waals surface area contributed by atoms with Crippen LogP contribution in [0.25, 0.3) is 196 Å². The van der Waals surface area contributed by atoms with Gasteiger partial charge in [-0.25, -0.2) is 29.9 Å². The van der Waals surface area contributed by atoms with E-state index in [4.69, 9.17) is 39.3 Å². The monoisotopic (exact) mass is 1300 g/mol. The Labute approximate surface area is 576 Å². The number of nitrogens with zero attached hydrogens (tertiary/aromatic N) is 7. The molecule has 0 saturated carbocycles. The first kappa shape index (κ1) is 57.7. The van der Waals surface area contributed by atoms with Gasteiger partial charge < -0.3 is 4.42 Å². The molecular formula is C89H53N7OS2. The zero-order valence-corrected chi connectivity index (χ0v) is 54.6. The SMILES string of the molecule is c1ccc(-c2nc(-c3ccccc3)nc(-c3c4ccccc4c(-c4ccc5sc6ccccc6c5c4)c4oc5ccccc5c34)n2)cc1.c1ccc(-c2nc(-c3ccccc3)nc(-c3ccc4cc(-c5c6ccccc6c(-c6ccccn6)c6sc7ccccc7c56)ccc4c3)n2)cc1. The Kier molecular flexibility index (Phi) is 14.1. The fourth-order valence-corrected chi connectivity index (χ4v) is 16.5. The molecule has 0 bridgehead atoms. The van der Waals surface area contributed by atoms with Crippen molar-refractivity contribution in [3.63, 3.8) is 0 Å². The molecule has 0 radical (unpaired) electrons. The van der Waals surface area contributed by atoms with Gasteiger partial charge in [0, 0.05) is 102 Å². The largest absolute Gasteiger partial charge is 0.455 e. The Morgan fingerprint density at radius 2 is 0.657 bits per heavy atom. The normalized spacial score (nSPS) is 11.6. The molecule has 99 heavy (non-hydrogen) atoms.